The Hall–Kier alpha value is -0.780. The SMILES string of the molecule is CCOC(CC)(CC)C(N)c1ccc(OC)c(Br)c1OC. The van der Waals surface area contributed by atoms with Gasteiger partial charge < -0.3 is 19.9 Å². The Labute approximate surface area is 136 Å². The lowest BCUT2D eigenvalue weighted by Gasteiger charge is -2.38. The Balaban J connectivity index is 3.34. The molecule has 0 aliphatic heterocycles. The summed E-state index contributed by atoms with van der Waals surface area (Å²) in [6.07, 6.45) is 1.68. The Morgan fingerprint density at radius 3 is 2.19 bits per heavy atom. The summed E-state index contributed by atoms with van der Waals surface area (Å²) in [5.74, 6) is 1.42. The molecular formula is C16H26BrNO3. The fourth-order valence-electron chi connectivity index (χ4n) is 2.72. The van der Waals surface area contributed by atoms with Gasteiger partial charge >= 0.3 is 0 Å². The van der Waals surface area contributed by atoms with Gasteiger partial charge in [-0.25, -0.2) is 0 Å². The van der Waals surface area contributed by atoms with Gasteiger partial charge in [0.1, 0.15) is 16.0 Å². The van der Waals surface area contributed by atoms with Gasteiger partial charge in [-0.05, 0) is 47.8 Å². The zero-order chi connectivity index (χ0) is 16.0. The van der Waals surface area contributed by atoms with Crippen molar-refractivity contribution in [3.8, 4) is 11.5 Å². The minimum Gasteiger partial charge on any atom is -0.495 e. The van der Waals surface area contributed by atoms with Gasteiger partial charge in [-0.1, -0.05) is 13.8 Å². The predicted octanol–water partition coefficient (Wildman–Crippen LogP) is 4.06. The first-order chi connectivity index (χ1) is 10.0. The maximum absolute atomic E-state index is 6.55. The zero-order valence-electron chi connectivity index (χ0n) is 13.5. The van der Waals surface area contributed by atoms with Crippen molar-refractivity contribution in [1.29, 1.82) is 0 Å². The van der Waals surface area contributed by atoms with Crippen molar-refractivity contribution in [2.24, 2.45) is 5.73 Å². The quantitative estimate of drug-likeness (QED) is 0.760. The summed E-state index contributed by atoms with van der Waals surface area (Å²) < 4.78 is 17.6. The first-order valence-corrected chi connectivity index (χ1v) is 8.10. The van der Waals surface area contributed by atoms with Crippen molar-refractivity contribution >= 4 is 15.9 Å². The summed E-state index contributed by atoms with van der Waals surface area (Å²) in [5.41, 5.74) is 7.08. The second-order valence-electron chi connectivity index (χ2n) is 4.89. The van der Waals surface area contributed by atoms with Gasteiger partial charge in [-0.15, -0.1) is 0 Å². The number of hydrogen-bond donors (Lipinski definition) is 1. The highest BCUT2D eigenvalue weighted by molar-refractivity contribution is 9.10. The van der Waals surface area contributed by atoms with Crippen LogP contribution in [0.3, 0.4) is 0 Å². The minimum atomic E-state index is -0.393. The Bertz CT molecular complexity index is 461. The maximum Gasteiger partial charge on any atom is 0.141 e. The summed E-state index contributed by atoms with van der Waals surface area (Å²) in [6.45, 7) is 6.83. The third kappa shape index (κ3) is 3.52. The molecular weight excluding hydrogens is 334 g/mol. The number of hydrogen-bond acceptors (Lipinski definition) is 4. The molecule has 0 radical (unpaired) electrons. The van der Waals surface area contributed by atoms with Crippen LogP contribution in [0.5, 0.6) is 11.5 Å². The van der Waals surface area contributed by atoms with E-state index in [2.05, 4.69) is 29.8 Å². The predicted molar refractivity (Wildman–Crippen MR) is 89.1 cm³/mol. The van der Waals surface area contributed by atoms with Gasteiger partial charge in [0.05, 0.1) is 25.9 Å². The van der Waals surface area contributed by atoms with Crippen molar-refractivity contribution in [3.63, 3.8) is 0 Å². The monoisotopic (exact) mass is 359 g/mol. The molecule has 21 heavy (non-hydrogen) atoms. The van der Waals surface area contributed by atoms with E-state index in [0.717, 1.165) is 28.6 Å². The fourth-order valence-corrected chi connectivity index (χ4v) is 3.40. The molecule has 1 atom stereocenters. The largest absolute Gasteiger partial charge is 0.495 e. The molecule has 0 aliphatic rings. The van der Waals surface area contributed by atoms with E-state index in [1.165, 1.54) is 0 Å². The van der Waals surface area contributed by atoms with Crippen molar-refractivity contribution in [2.45, 2.75) is 45.3 Å². The van der Waals surface area contributed by atoms with E-state index in [0.29, 0.717) is 12.4 Å². The van der Waals surface area contributed by atoms with Crippen LogP contribution in [0.25, 0.3) is 0 Å². The second kappa shape index (κ2) is 8.01. The molecule has 0 heterocycles. The van der Waals surface area contributed by atoms with Crippen LogP contribution < -0.4 is 15.2 Å². The highest BCUT2D eigenvalue weighted by Gasteiger charge is 2.37. The van der Waals surface area contributed by atoms with E-state index in [-0.39, 0.29) is 6.04 Å². The van der Waals surface area contributed by atoms with Gasteiger partial charge in [0.15, 0.2) is 0 Å². The number of benzene rings is 1. The van der Waals surface area contributed by atoms with Crippen LogP contribution in [-0.4, -0.2) is 26.4 Å². The summed E-state index contributed by atoms with van der Waals surface area (Å²) >= 11 is 3.52. The van der Waals surface area contributed by atoms with Gasteiger partial charge in [0, 0.05) is 12.2 Å². The number of rotatable bonds is 8. The average Bonchev–Trinajstić information content (AvgIpc) is 2.51. The van der Waals surface area contributed by atoms with Gasteiger partial charge in [-0.3, -0.25) is 0 Å². The molecule has 0 aliphatic carbocycles. The first kappa shape index (κ1) is 18.3. The molecule has 0 bridgehead atoms. The summed E-state index contributed by atoms with van der Waals surface area (Å²) in [6, 6.07) is 3.57. The molecule has 1 aromatic rings. The van der Waals surface area contributed by atoms with Crippen LogP contribution in [0.1, 0.15) is 45.2 Å². The molecule has 0 amide bonds. The Morgan fingerprint density at radius 2 is 1.76 bits per heavy atom. The lowest BCUT2D eigenvalue weighted by molar-refractivity contribution is -0.0649. The van der Waals surface area contributed by atoms with E-state index >= 15 is 0 Å². The molecule has 1 unspecified atom stereocenters. The summed E-state index contributed by atoms with van der Waals surface area (Å²) in [4.78, 5) is 0. The lowest BCUT2D eigenvalue weighted by atomic mass is 9.84. The van der Waals surface area contributed by atoms with E-state index in [1.54, 1.807) is 14.2 Å². The molecule has 2 N–H and O–H groups in total. The van der Waals surface area contributed by atoms with E-state index < -0.39 is 5.60 Å². The van der Waals surface area contributed by atoms with E-state index in [9.17, 15) is 0 Å². The van der Waals surface area contributed by atoms with Gasteiger partial charge in [0.25, 0.3) is 0 Å². The normalized spacial score (nSPS) is 13.1. The molecule has 5 heteroatoms. The topological polar surface area (TPSA) is 53.7 Å². The molecule has 0 saturated carbocycles. The van der Waals surface area contributed by atoms with Crippen LogP contribution in [0, 0.1) is 0 Å². The molecule has 0 saturated heterocycles. The van der Waals surface area contributed by atoms with Crippen LogP contribution >= 0.6 is 15.9 Å². The average molecular weight is 360 g/mol. The lowest BCUT2D eigenvalue weighted by Crippen LogP contribution is -2.43. The van der Waals surface area contributed by atoms with Gasteiger partial charge in [0.2, 0.25) is 0 Å². The summed E-state index contributed by atoms with van der Waals surface area (Å²) in [7, 11) is 3.26. The highest BCUT2D eigenvalue weighted by Crippen LogP contribution is 2.43. The number of halogens is 1. The van der Waals surface area contributed by atoms with Crippen LogP contribution in [0.4, 0.5) is 0 Å². The first-order valence-electron chi connectivity index (χ1n) is 7.31. The van der Waals surface area contributed by atoms with Crippen molar-refractivity contribution in [3.05, 3.63) is 22.2 Å². The maximum atomic E-state index is 6.55. The smallest absolute Gasteiger partial charge is 0.141 e. The standard InChI is InChI=1S/C16H26BrNO3/c1-6-16(7-2,21-8-3)15(18)11-9-10-12(19-4)13(17)14(11)20-5/h9-10,15H,6-8,18H2,1-5H3. The van der Waals surface area contributed by atoms with Crippen LogP contribution in [-0.2, 0) is 4.74 Å². The van der Waals surface area contributed by atoms with Crippen molar-refractivity contribution < 1.29 is 14.2 Å². The van der Waals surface area contributed by atoms with E-state index in [4.69, 9.17) is 19.9 Å². The number of ether oxygens (including phenoxy) is 3. The van der Waals surface area contributed by atoms with Crippen molar-refractivity contribution in [1.82, 2.24) is 0 Å². The molecule has 120 valence electrons. The Morgan fingerprint density at radius 1 is 1.14 bits per heavy atom. The van der Waals surface area contributed by atoms with Gasteiger partial charge in [-0.2, -0.15) is 0 Å². The molecule has 1 rings (SSSR count). The second-order valence-corrected chi connectivity index (χ2v) is 5.68. The van der Waals surface area contributed by atoms with Crippen LogP contribution in [0.15, 0.2) is 16.6 Å². The fraction of sp³-hybridized carbons (Fsp3) is 0.625. The minimum absolute atomic E-state index is 0.274. The number of nitrogens with two attached hydrogens (primary N) is 1. The zero-order valence-corrected chi connectivity index (χ0v) is 15.1. The van der Waals surface area contributed by atoms with Crippen molar-refractivity contribution in [2.75, 3.05) is 20.8 Å². The highest BCUT2D eigenvalue weighted by atomic mass is 79.9. The molecule has 0 aromatic heterocycles. The third-order valence-electron chi connectivity index (χ3n) is 4.05. The molecule has 1 aromatic carbocycles. The van der Waals surface area contributed by atoms with E-state index in [1.807, 2.05) is 19.1 Å². The third-order valence-corrected chi connectivity index (χ3v) is 4.80. The number of methoxy groups -OCH3 is 2. The summed E-state index contributed by atoms with van der Waals surface area (Å²) in [5, 5.41) is 0. The van der Waals surface area contributed by atoms with Crippen LogP contribution in [0.2, 0.25) is 0 Å². The molecule has 0 spiro atoms. The Kier molecular flexibility index (Phi) is 6.97. The molecule has 4 nitrogen and oxygen atoms in total. The molecule has 0 fully saturated rings.